The second-order valence-corrected chi connectivity index (χ2v) is 13.9. The number of nitrogens with zero attached hydrogens (tertiary/aromatic N) is 4. The molecular weight excluding hydrogens is 645 g/mol. The Balaban J connectivity index is 1.11. The van der Waals surface area contributed by atoms with Crippen LogP contribution in [0.3, 0.4) is 0 Å². The highest BCUT2D eigenvalue weighted by molar-refractivity contribution is 7.26. The van der Waals surface area contributed by atoms with Crippen LogP contribution in [0.15, 0.2) is 162 Å². The minimum Gasteiger partial charge on any atom is -0.456 e. The van der Waals surface area contributed by atoms with Gasteiger partial charge in [0.2, 0.25) is 5.95 Å². The van der Waals surface area contributed by atoms with Crippen LogP contribution < -0.4 is 0 Å². The summed E-state index contributed by atoms with van der Waals surface area (Å²) in [5, 5.41) is 6.99. The number of thiophene rings is 1. The molecule has 5 nitrogen and oxygen atoms in total. The van der Waals surface area contributed by atoms with Gasteiger partial charge in [0.05, 0.1) is 11.0 Å². The van der Waals surface area contributed by atoms with Gasteiger partial charge in [-0.15, -0.1) is 11.3 Å². The first-order chi connectivity index (χ1) is 25.3. The fourth-order valence-corrected chi connectivity index (χ4v) is 8.69. The van der Waals surface area contributed by atoms with Gasteiger partial charge in [0.15, 0.2) is 11.6 Å². The van der Waals surface area contributed by atoms with E-state index in [0.29, 0.717) is 17.6 Å². The van der Waals surface area contributed by atoms with Crippen molar-refractivity contribution in [1.82, 2.24) is 19.5 Å². The molecule has 51 heavy (non-hydrogen) atoms. The van der Waals surface area contributed by atoms with Crippen molar-refractivity contribution in [3.05, 3.63) is 158 Å². The fraction of sp³-hybridized carbons (Fsp3) is 0. The van der Waals surface area contributed by atoms with Gasteiger partial charge in [0, 0.05) is 52.8 Å². The Kier molecular flexibility index (Phi) is 6.05. The molecule has 0 amide bonds. The van der Waals surface area contributed by atoms with Gasteiger partial charge in [-0.1, -0.05) is 109 Å². The minimum atomic E-state index is 0.595. The summed E-state index contributed by atoms with van der Waals surface area (Å²) < 4.78 is 10.8. The zero-order chi connectivity index (χ0) is 33.5. The molecule has 0 aliphatic carbocycles. The van der Waals surface area contributed by atoms with Crippen LogP contribution in [-0.4, -0.2) is 19.5 Å². The van der Waals surface area contributed by atoms with Gasteiger partial charge < -0.3 is 4.42 Å². The van der Waals surface area contributed by atoms with E-state index < -0.39 is 0 Å². The molecule has 7 aromatic carbocycles. The Morgan fingerprint density at radius 1 is 0.431 bits per heavy atom. The van der Waals surface area contributed by atoms with E-state index in [1.807, 2.05) is 30.3 Å². The first kappa shape index (κ1) is 28.2. The van der Waals surface area contributed by atoms with Crippen molar-refractivity contribution in [3.63, 3.8) is 0 Å². The third-order valence-corrected chi connectivity index (χ3v) is 11.1. The van der Waals surface area contributed by atoms with Gasteiger partial charge >= 0.3 is 0 Å². The van der Waals surface area contributed by atoms with Crippen LogP contribution in [0.1, 0.15) is 0 Å². The highest BCUT2D eigenvalue weighted by atomic mass is 32.1. The Labute approximate surface area is 295 Å². The summed E-state index contributed by atoms with van der Waals surface area (Å²) in [4.78, 5) is 15.5. The average molecular weight is 671 g/mol. The monoisotopic (exact) mass is 670 g/mol. The molecule has 0 fully saturated rings. The van der Waals surface area contributed by atoms with E-state index in [2.05, 4.69) is 132 Å². The lowest BCUT2D eigenvalue weighted by Gasteiger charge is -2.11. The maximum absolute atomic E-state index is 6.23. The number of hydrogen-bond acceptors (Lipinski definition) is 5. The molecule has 0 bridgehead atoms. The summed E-state index contributed by atoms with van der Waals surface area (Å²) in [5.74, 6) is 1.88. The normalized spacial score (nSPS) is 11.9. The van der Waals surface area contributed by atoms with Crippen molar-refractivity contribution in [2.24, 2.45) is 0 Å². The van der Waals surface area contributed by atoms with Crippen molar-refractivity contribution < 1.29 is 4.42 Å². The van der Waals surface area contributed by atoms with E-state index >= 15 is 0 Å². The number of para-hydroxylation sites is 3. The summed E-state index contributed by atoms with van der Waals surface area (Å²) in [5.41, 5.74) is 8.13. The van der Waals surface area contributed by atoms with Gasteiger partial charge in [-0.3, -0.25) is 4.57 Å². The van der Waals surface area contributed by atoms with Crippen LogP contribution in [-0.2, 0) is 0 Å². The molecule has 238 valence electrons. The van der Waals surface area contributed by atoms with Gasteiger partial charge in [0.1, 0.15) is 11.2 Å². The van der Waals surface area contributed by atoms with E-state index in [1.165, 1.54) is 26.2 Å². The molecule has 0 N–H and O–H groups in total. The standard InChI is InChI=1S/C45H26N4OS/c1-2-11-27(12-3-1)43-46-44(48-45(47-43)49-37-18-7-4-13-30(37)31-14-5-8-19-38(31)49)35-17-10-16-34-36-25-28(22-24-41(36)51-42(34)35)29-21-23-33-32-15-6-9-20-39(32)50-40(33)26-29/h1-26H. The Morgan fingerprint density at radius 2 is 1.08 bits per heavy atom. The smallest absolute Gasteiger partial charge is 0.238 e. The van der Waals surface area contributed by atoms with Crippen LogP contribution in [0, 0.1) is 0 Å². The zero-order valence-corrected chi connectivity index (χ0v) is 27.9. The van der Waals surface area contributed by atoms with Gasteiger partial charge in [-0.2, -0.15) is 9.97 Å². The van der Waals surface area contributed by atoms with E-state index in [4.69, 9.17) is 19.4 Å². The second kappa shape index (κ2) is 10.9. The van der Waals surface area contributed by atoms with E-state index in [0.717, 1.165) is 59.9 Å². The predicted octanol–water partition coefficient (Wildman–Crippen LogP) is 12.2. The highest BCUT2D eigenvalue weighted by Gasteiger charge is 2.20. The molecule has 11 aromatic rings. The molecule has 11 rings (SSSR count). The molecule has 0 saturated heterocycles. The van der Waals surface area contributed by atoms with E-state index in [1.54, 1.807) is 11.3 Å². The Hall–Kier alpha value is -6.63. The third-order valence-electron chi connectivity index (χ3n) is 9.89. The number of hydrogen-bond donors (Lipinski definition) is 0. The molecule has 0 spiro atoms. The Bertz CT molecular complexity index is 3100. The highest BCUT2D eigenvalue weighted by Crippen LogP contribution is 2.42. The average Bonchev–Trinajstić information content (AvgIpc) is 3.87. The van der Waals surface area contributed by atoms with Crippen molar-refractivity contribution in [1.29, 1.82) is 0 Å². The number of furan rings is 1. The minimum absolute atomic E-state index is 0.595. The fourth-order valence-electron chi connectivity index (χ4n) is 7.50. The van der Waals surface area contributed by atoms with Crippen molar-refractivity contribution in [2.45, 2.75) is 0 Å². The molecule has 0 radical (unpaired) electrons. The molecule has 6 heteroatoms. The zero-order valence-electron chi connectivity index (χ0n) is 27.1. The summed E-state index contributed by atoms with van der Waals surface area (Å²) in [6, 6.07) is 55.0. The molecule has 0 saturated carbocycles. The SMILES string of the molecule is c1ccc(-c2nc(-c3cccc4c3sc3ccc(-c5ccc6c(c5)oc5ccccc56)cc34)nc(-n3c4ccccc4c4ccccc43)n2)cc1. The number of fused-ring (bicyclic) bond motifs is 9. The largest absolute Gasteiger partial charge is 0.456 e. The van der Waals surface area contributed by atoms with Crippen LogP contribution in [0.5, 0.6) is 0 Å². The lowest BCUT2D eigenvalue weighted by molar-refractivity contribution is 0.669. The summed E-state index contributed by atoms with van der Waals surface area (Å²) >= 11 is 1.78. The molecule has 4 aromatic heterocycles. The first-order valence-electron chi connectivity index (χ1n) is 16.9. The first-order valence-corrected chi connectivity index (χ1v) is 17.8. The summed E-state index contributed by atoms with van der Waals surface area (Å²) in [7, 11) is 0. The molecule has 0 atom stereocenters. The maximum atomic E-state index is 6.23. The van der Waals surface area contributed by atoms with Crippen LogP contribution in [0.4, 0.5) is 0 Å². The topological polar surface area (TPSA) is 56.7 Å². The molecular formula is C45H26N4OS. The van der Waals surface area contributed by atoms with Crippen molar-refractivity contribution in [2.75, 3.05) is 0 Å². The summed E-state index contributed by atoms with van der Waals surface area (Å²) in [6.07, 6.45) is 0. The number of benzene rings is 7. The number of rotatable bonds is 4. The van der Waals surface area contributed by atoms with Crippen LogP contribution in [0.25, 0.3) is 104 Å². The van der Waals surface area contributed by atoms with Gasteiger partial charge in [0.25, 0.3) is 0 Å². The van der Waals surface area contributed by atoms with Gasteiger partial charge in [-0.05, 0) is 59.7 Å². The molecule has 0 aliphatic rings. The van der Waals surface area contributed by atoms with E-state index in [9.17, 15) is 0 Å². The molecule has 0 unspecified atom stereocenters. The Morgan fingerprint density at radius 3 is 1.90 bits per heavy atom. The lowest BCUT2D eigenvalue weighted by atomic mass is 10.0. The maximum Gasteiger partial charge on any atom is 0.238 e. The van der Waals surface area contributed by atoms with Crippen molar-refractivity contribution in [3.8, 4) is 39.9 Å². The lowest BCUT2D eigenvalue weighted by Crippen LogP contribution is -2.06. The van der Waals surface area contributed by atoms with E-state index in [-0.39, 0.29) is 0 Å². The summed E-state index contributed by atoms with van der Waals surface area (Å²) in [6.45, 7) is 0. The number of aromatic nitrogens is 4. The van der Waals surface area contributed by atoms with Crippen LogP contribution >= 0.6 is 11.3 Å². The third kappa shape index (κ3) is 4.37. The molecule has 4 heterocycles. The molecule has 0 aliphatic heterocycles. The van der Waals surface area contributed by atoms with Crippen molar-refractivity contribution >= 4 is 75.3 Å². The second-order valence-electron chi connectivity index (χ2n) is 12.8. The van der Waals surface area contributed by atoms with Crippen LogP contribution in [0.2, 0.25) is 0 Å². The predicted molar refractivity (Wildman–Crippen MR) is 211 cm³/mol. The quantitative estimate of drug-likeness (QED) is 0.187. The van der Waals surface area contributed by atoms with Gasteiger partial charge in [-0.25, -0.2) is 4.98 Å².